The van der Waals surface area contributed by atoms with Crippen molar-refractivity contribution in [3.05, 3.63) is 34.6 Å². The maximum absolute atomic E-state index is 11.7. The molecule has 4 N–H and O–H groups in total. The maximum Gasteiger partial charge on any atom is 0.412 e. The Balaban J connectivity index is 2.97. The Bertz CT molecular complexity index is 711. The Hall–Kier alpha value is -2.70. The lowest BCUT2D eigenvalue weighted by atomic mass is 10.2. The number of nitrogens with one attached hydrogen (secondary N) is 2. The number of aromatic nitrogens is 1. The van der Waals surface area contributed by atoms with Crippen LogP contribution in [0.4, 0.5) is 4.79 Å². The zero-order valence-corrected chi connectivity index (χ0v) is 13.9. The number of H-pyrrole nitrogens is 1. The van der Waals surface area contributed by atoms with Gasteiger partial charge in [-0.1, -0.05) is 6.58 Å². The standard InChI is InChI=1S/C16H23N3O4/c1-6-22-14(20)12-8-11(13(9-17)19-12)7-10(2)18-15(21)23-16(3,4)5/h7-9,19H,2,6,17H2,1,3-5H3,(H,18,21)/b11-7-,13-9+. The van der Waals surface area contributed by atoms with Crippen molar-refractivity contribution in [3.8, 4) is 0 Å². The Morgan fingerprint density at radius 1 is 1.43 bits per heavy atom. The first-order chi connectivity index (χ1) is 10.7. The van der Waals surface area contributed by atoms with Gasteiger partial charge < -0.3 is 20.2 Å². The first kappa shape index (κ1) is 18.3. The van der Waals surface area contributed by atoms with Gasteiger partial charge in [0.2, 0.25) is 0 Å². The number of carbonyl (C=O) groups is 2. The molecule has 0 aliphatic rings. The highest BCUT2D eigenvalue weighted by Crippen LogP contribution is 2.07. The lowest BCUT2D eigenvalue weighted by molar-refractivity contribution is 0.0516. The number of hydrogen-bond donors (Lipinski definition) is 3. The Kier molecular flexibility index (Phi) is 6.01. The highest BCUT2D eigenvalue weighted by Gasteiger charge is 2.16. The molecule has 0 fully saturated rings. The van der Waals surface area contributed by atoms with Crippen molar-refractivity contribution in [2.24, 2.45) is 5.73 Å². The summed E-state index contributed by atoms with van der Waals surface area (Å²) >= 11 is 0. The van der Waals surface area contributed by atoms with Gasteiger partial charge in [0.15, 0.2) is 0 Å². The van der Waals surface area contributed by atoms with E-state index in [4.69, 9.17) is 15.2 Å². The zero-order valence-electron chi connectivity index (χ0n) is 13.9. The summed E-state index contributed by atoms with van der Waals surface area (Å²) in [7, 11) is 0. The summed E-state index contributed by atoms with van der Waals surface area (Å²) in [4.78, 5) is 26.2. The second kappa shape index (κ2) is 7.53. The van der Waals surface area contributed by atoms with Crippen molar-refractivity contribution in [2.75, 3.05) is 6.61 Å². The normalized spacial score (nSPS) is 12.9. The molecule has 7 heteroatoms. The summed E-state index contributed by atoms with van der Waals surface area (Å²) in [5.41, 5.74) is 5.49. The molecule has 126 valence electrons. The molecule has 0 radical (unpaired) electrons. The van der Waals surface area contributed by atoms with Crippen molar-refractivity contribution in [2.45, 2.75) is 33.3 Å². The summed E-state index contributed by atoms with van der Waals surface area (Å²) in [5, 5.41) is 3.61. The zero-order chi connectivity index (χ0) is 17.6. The molecule has 0 bridgehead atoms. The van der Waals surface area contributed by atoms with Crippen LogP contribution in [0, 0.1) is 0 Å². The summed E-state index contributed by atoms with van der Waals surface area (Å²) in [6.45, 7) is 11.0. The van der Waals surface area contributed by atoms with E-state index in [9.17, 15) is 9.59 Å². The summed E-state index contributed by atoms with van der Waals surface area (Å²) in [6.07, 6.45) is 2.27. The van der Waals surface area contributed by atoms with Crippen LogP contribution in [0.5, 0.6) is 0 Å². The van der Waals surface area contributed by atoms with E-state index in [0.29, 0.717) is 16.3 Å². The van der Waals surface area contributed by atoms with Crippen molar-refractivity contribution in [1.29, 1.82) is 0 Å². The molecule has 0 unspecified atom stereocenters. The quantitative estimate of drug-likeness (QED) is 0.708. The second-order valence-corrected chi connectivity index (χ2v) is 5.74. The van der Waals surface area contributed by atoms with E-state index in [0.717, 1.165) is 0 Å². The van der Waals surface area contributed by atoms with E-state index < -0.39 is 17.7 Å². The number of hydrogen-bond acceptors (Lipinski definition) is 5. The van der Waals surface area contributed by atoms with E-state index in [1.165, 1.54) is 6.20 Å². The number of rotatable bonds is 4. The second-order valence-electron chi connectivity index (χ2n) is 5.74. The SMILES string of the molecule is C=C(/C=c1/cc(C(=O)OCC)[nH]/c1=C/N)NC(=O)OC(C)(C)C. The third kappa shape index (κ3) is 5.90. The van der Waals surface area contributed by atoms with E-state index in [-0.39, 0.29) is 12.3 Å². The predicted octanol–water partition coefficient (Wildman–Crippen LogP) is 0.707. The molecule has 1 aromatic rings. The molecule has 0 aromatic carbocycles. The molecule has 1 aromatic heterocycles. The van der Waals surface area contributed by atoms with Gasteiger partial charge in [-0.05, 0) is 39.8 Å². The third-order valence-electron chi connectivity index (χ3n) is 2.53. The summed E-state index contributed by atoms with van der Waals surface area (Å²) < 4.78 is 10.0. The van der Waals surface area contributed by atoms with Gasteiger partial charge in [-0.3, -0.25) is 5.32 Å². The number of alkyl carbamates (subject to hydrolysis) is 1. The van der Waals surface area contributed by atoms with Crippen LogP contribution in [0.3, 0.4) is 0 Å². The largest absolute Gasteiger partial charge is 0.461 e. The van der Waals surface area contributed by atoms with Crippen molar-refractivity contribution < 1.29 is 19.1 Å². The molecule has 0 saturated carbocycles. The average molecular weight is 321 g/mol. The van der Waals surface area contributed by atoms with Crippen LogP contribution >= 0.6 is 0 Å². The molecular weight excluding hydrogens is 298 g/mol. The topological polar surface area (TPSA) is 106 Å². The molecule has 0 aliphatic carbocycles. The molecule has 7 nitrogen and oxygen atoms in total. The molecule has 0 saturated heterocycles. The predicted molar refractivity (Wildman–Crippen MR) is 87.6 cm³/mol. The van der Waals surface area contributed by atoms with E-state index in [1.807, 2.05) is 0 Å². The highest BCUT2D eigenvalue weighted by atomic mass is 16.6. The summed E-state index contributed by atoms with van der Waals surface area (Å²) in [5.74, 6) is -0.485. The minimum Gasteiger partial charge on any atom is -0.461 e. The van der Waals surface area contributed by atoms with Crippen molar-refractivity contribution in [1.82, 2.24) is 10.3 Å². The Morgan fingerprint density at radius 2 is 2.09 bits per heavy atom. The molecule has 0 aliphatic heterocycles. The van der Waals surface area contributed by atoms with Gasteiger partial charge in [0, 0.05) is 17.1 Å². The minimum atomic E-state index is -0.613. The van der Waals surface area contributed by atoms with Crippen LogP contribution < -0.4 is 21.6 Å². The van der Waals surface area contributed by atoms with Crippen LogP contribution in [0.15, 0.2) is 18.3 Å². The Labute approximate surface area is 134 Å². The van der Waals surface area contributed by atoms with Crippen LogP contribution in [0.25, 0.3) is 12.3 Å². The lowest BCUT2D eigenvalue weighted by Gasteiger charge is -2.19. The fourth-order valence-corrected chi connectivity index (χ4v) is 1.72. The average Bonchev–Trinajstić information content (AvgIpc) is 2.79. The van der Waals surface area contributed by atoms with E-state index in [1.54, 1.807) is 39.8 Å². The number of amides is 1. The molecule has 1 amide bonds. The Morgan fingerprint density at radius 3 is 2.61 bits per heavy atom. The van der Waals surface area contributed by atoms with Gasteiger partial charge in [0.25, 0.3) is 0 Å². The van der Waals surface area contributed by atoms with Crippen molar-refractivity contribution >= 4 is 24.3 Å². The molecule has 1 rings (SSSR count). The van der Waals surface area contributed by atoms with Gasteiger partial charge in [-0.2, -0.15) is 0 Å². The van der Waals surface area contributed by atoms with E-state index in [2.05, 4.69) is 16.9 Å². The molecule has 23 heavy (non-hydrogen) atoms. The smallest absolute Gasteiger partial charge is 0.412 e. The van der Waals surface area contributed by atoms with Crippen LogP contribution in [0.2, 0.25) is 0 Å². The van der Waals surface area contributed by atoms with Crippen molar-refractivity contribution in [3.63, 3.8) is 0 Å². The van der Waals surface area contributed by atoms with Gasteiger partial charge in [0.05, 0.1) is 12.0 Å². The fourth-order valence-electron chi connectivity index (χ4n) is 1.72. The van der Waals surface area contributed by atoms with Gasteiger partial charge >= 0.3 is 12.1 Å². The van der Waals surface area contributed by atoms with Gasteiger partial charge in [0.1, 0.15) is 11.3 Å². The monoisotopic (exact) mass is 321 g/mol. The number of esters is 1. The highest BCUT2D eigenvalue weighted by molar-refractivity contribution is 5.87. The fraction of sp³-hybridized carbons (Fsp3) is 0.375. The number of aromatic amines is 1. The van der Waals surface area contributed by atoms with Crippen LogP contribution in [-0.4, -0.2) is 29.3 Å². The van der Waals surface area contributed by atoms with Gasteiger partial charge in [-0.15, -0.1) is 0 Å². The van der Waals surface area contributed by atoms with E-state index >= 15 is 0 Å². The maximum atomic E-state index is 11.7. The van der Waals surface area contributed by atoms with Crippen LogP contribution in [0.1, 0.15) is 38.2 Å². The first-order valence-corrected chi connectivity index (χ1v) is 7.15. The van der Waals surface area contributed by atoms with Gasteiger partial charge in [-0.25, -0.2) is 9.59 Å². The summed E-state index contributed by atoms with van der Waals surface area (Å²) in [6, 6.07) is 1.57. The number of ether oxygens (including phenoxy) is 2. The van der Waals surface area contributed by atoms with Crippen LogP contribution in [-0.2, 0) is 9.47 Å². The third-order valence-corrected chi connectivity index (χ3v) is 2.53. The molecule has 0 spiro atoms. The number of nitrogens with two attached hydrogens (primary N) is 1. The number of carbonyl (C=O) groups excluding carboxylic acids is 2. The molecule has 1 heterocycles. The molecular formula is C16H23N3O4. The molecule has 0 atom stereocenters. The minimum absolute atomic E-state index is 0.264. The number of allylic oxidation sites excluding steroid dienone is 1. The lowest BCUT2D eigenvalue weighted by Crippen LogP contribution is -2.32. The first-order valence-electron chi connectivity index (χ1n) is 7.15.